The lowest BCUT2D eigenvalue weighted by molar-refractivity contribution is 0.0689. The zero-order chi connectivity index (χ0) is 17.0. The number of hydrogen-bond acceptors (Lipinski definition) is 5. The lowest BCUT2D eigenvalue weighted by atomic mass is 10.3. The van der Waals surface area contributed by atoms with Crippen molar-refractivity contribution in [1.82, 2.24) is 10.2 Å². The molecule has 0 aliphatic carbocycles. The Morgan fingerprint density at radius 2 is 2.04 bits per heavy atom. The van der Waals surface area contributed by atoms with Crippen LogP contribution in [0, 0.1) is 0 Å². The molecule has 1 saturated heterocycles. The summed E-state index contributed by atoms with van der Waals surface area (Å²) in [5.41, 5.74) is 0. The van der Waals surface area contributed by atoms with Crippen molar-refractivity contribution < 1.29 is 9.47 Å². The first-order valence-electron chi connectivity index (χ1n) is 8.66. The number of methoxy groups -OCH3 is 1. The van der Waals surface area contributed by atoms with Crippen LogP contribution >= 0.6 is 11.3 Å². The van der Waals surface area contributed by atoms with E-state index in [2.05, 4.69) is 37.6 Å². The van der Waals surface area contributed by atoms with Gasteiger partial charge in [-0.25, -0.2) is 0 Å². The molecule has 0 radical (unpaired) electrons. The van der Waals surface area contributed by atoms with Crippen molar-refractivity contribution in [3.05, 3.63) is 17.5 Å². The van der Waals surface area contributed by atoms with Gasteiger partial charge in [0.05, 0.1) is 18.2 Å². The van der Waals surface area contributed by atoms with E-state index in [0.717, 1.165) is 58.1 Å². The van der Waals surface area contributed by atoms with Crippen LogP contribution in [-0.2, 0) is 9.47 Å². The summed E-state index contributed by atoms with van der Waals surface area (Å²) in [7, 11) is 3.56. The van der Waals surface area contributed by atoms with Crippen molar-refractivity contribution >= 4 is 22.3 Å². The summed E-state index contributed by atoms with van der Waals surface area (Å²) >= 11 is 1.81. The number of aliphatic imine (C=N–C) groups is 1. The molecule has 0 saturated carbocycles. The average Bonchev–Trinajstić information content (AvgIpc) is 3.15. The molecule has 1 aromatic heterocycles. The predicted octanol–water partition coefficient (Wildman–Crippen LogP) is 1.89. The largest absolute Gasteiger partial charge is 0.382 e. The van der Waals surface area contributed by atoms with E-state index >= 15 is 0 Å². The van der Waals surface area contributed by atoms with Crippen LogP contribution in [0.15, 0.2) is 22.5 Å². The van der Waals surface area contributed by atoms with Crippen LogP contribution in [0.3, 0.4) is 0 Å². The number of guanidine groups is 1. The molecule has 0 aromatic carbocycles. The quantitative estimate of drug-likeness (QED) is 0.417. The van der Waals surface area contributed by atoms with Crippen LogP contribution in [0.25, 0.3) is 0 Å². The van der Waals surface area contributed by atoms with Gasteiger partial charge < -0.3 is 24.6 Å². The zero-order valence-corrected chi connectivity index (χ0v) is 15.7. The van der Waals surface area contributed by atoms with Gasteiger partial charge in [-0.15, -0.1) is 11.3 Å². The minimum atomic E-state index is 0.669. The number of anilines is 1. The van der Waals surface area contributed by atoms with Crippen molar-refractivity contribution in [3.8, 4) is 0 Å². The number of unbranched alkanes of at least 4 members (excludes halogenated alkanes) is 1. The van der Waals surface area contributed by atoms with Crippen molar-refractivity contribution in [2.24, 2.45) is 4.99 Å². The highest BCUT2D eigenvalue weighted by Gasteiger charge is 2.19. The van der Waals surface area contributed by atoms with E-state index in [0.29, 0.717) is 13.2 Å². The van der Waals surface area contributed by atoms with Crippen LogP contribution in [0.4, 0.5) is 5.00 Å². The fourth-order valence-electron chi connectivity index (χ4n) is 2.69. The fourth-order valence-corrected chi connectivity index (χ4v) is 3.48. The molecule has 2 rings (SSSR count). The number of rotatable bonds is 9. The Balaban J connectivity index is 1.59. The monoisotopic (exact) mass is 354 g/mol. The van der Waals surface area contributed by atoms with Gasteiger partial charge in [-0.1, -0.05) is 0 Å². The number of nitrogens with zero attached hydrogens (tertiary/aromatic N) is 3. The third-order valence-corrected chi connectivity index (χ3v) is 4.97. The van der Waals surface area contributed by atoms with Gasteiger partial charge in [0.1, 0.15) is 0 Å². The Labute approximate surface area is 149 Å². The lowest BCUT2D eigenvalue weighted by Crippen LogP contribution is -2.52. The molecular weight excluding hydrogens is 324 g/mol. The molecule has 0 unspecified atom stereocenters. The van der Waals surface area contributed by atoms with Gasteiger partial charge in [-0.05, 0) is 30.4 Å². The van der Waals surface area contributed by atoms with Crippen LogP contribution in [0.5, 0.6) is 0 Å². The molecule has 6 nitrogen and oxygen atoms in total. The highest BCUT2D eigenvalue weighted by molar-refractivity contribution is 7.14. The Kier molecular flexibility index (Phi) is 8.94. The summed E-state index contributed by atoms with van der Waals surface area (Å²) < 4.78 is 10.4. The summed E-state index contributed by atoms with van der Waals surface area (Å²) in [6.07, 6.45) is 2.14. The van der Waals surface area contributed by atoms with E-state index in [4.69, 9.17) is 9.47 Å². The fraction of sp³-hybridized carbons (Fsp3) is 0.706. The van der Waals surface area contributed by atoms with Crippen molar-refractivity contribution in [3.63, 3.8) is 0 Å². The topological polar surface area (TPSA) is 49.3 Å². The molecule has 2 heterocycles. The van der Waals surface area contributed by atoms with Gasteiger partial charge in [0, 0.05) is 53.5 Å². The molecule has 7 heteroatoms. The van der Waals surface area contributed by atoms with Crippen molar-refractivity contribution in [2.45, 2.75) is 12.8 Å². The summed E-state index contributed by atoms with van der Waals surface area (Å²) in [4.78, 5) is 9.22. The first-order valence-corrected chi connectivity index (χ1v) is 9.54. The number of thiophene rings is 1. The number of ether oxygens (including phenoxy) is 2. The summed E-state index contributed by atoms with van der Waals surface area (Å²) in [6.45, 7) is 7.20. The highest BCUT2D eigenvalue weighted by Crippen LogP contribution is 2.22. The zero-order valence-electron chi connectivity index (χ0n) is 14.9. The molecule has 1 fully saturated rings. The Morgan fingerprint density at radius 1 is 1.21 bits per heavy atom. The number of nitrogens with one attached hydrogen (secondary N) is 1. The Hall–Kier alpha value is -1.31. The van der Waals surface area contributed by atoms with Gasteiger partial charge in [0.25, 0.3) is 0 Å². The van der Waals surface area contributed by atoms with Gasteiger partial charge in [-0.3, -0.25) is 4.99 Å². The average molecular weight is 355 g/mol. The minimum absolute atomic E-state index is 0.669. The highest BCUT2D eigenvalue weighted by atomic mass is 32.1. The van der Waals surface area contributed by atoms with Crippen LogP contribution in [0.1, 0.15) is 12.8 Å². The first kappa shape index (κ1) is 19.0. The molecule has 136 valence electrons. The van der Waals surface area contributed by atoms with Crippen LogP contribution in [-0.4, -0.2) is 77.6 Å². The van der Waals surface area contributed by atoms with E-state index in [1.165, 1.54) is 5.00 Å². The van der Waals surface area contributed by atoms with E-state index in [9.17, 15) is 0 Å². The van der Waals surface area contributed by atoms with Gasteiger partial charge in [-0.2, -0.15) is 0 Å². The van der Waals surface area contributed by atoms with Gasteiger partial charge in [0.2, 0.25) is 0 Å². The summed E-state index contributed by atoms with van der Waals surface area (Å²) in [5, 5.41) is 6.98. The second-order valence-corrected chi connectivity index (χ2v) is 6.64. The normalized spacial score (nSPS) is 15.8. The maximum absolute atomic E-state index is 5.47. The van der Waals surface area contributed by atoms with Gasteiger partial charge in [0.15, 0.2) is 5.96 Å². The molecule has 0 bridgehead atoms. The minimum Gasteiger partial charge on any atom is -0.382 e. The first-order chi connectivity index (χ1) is 11.8. The predicted molar refractivity (Wildman–Crippen MR) is 101 cm³/mol. The second kappa shape index (κ2) is 11.3. The maximum atomic E-state index is 5.47. The van der Waals surface area contributed by atoms with Crippen molar-refractivity contribution in [1.29, 1.82) is 0 Å². The van der Waals surface area contributed by atoms with E-state index in [-0.39, 0.29) is 0 Å². The standard InChI is InChI=1S/C17H30N4O2S/c1-18-17(19-7-3-4-12-23-14-13-22-2)21-10-8-20(9-11-21)16-6-5-15-24-16/h5-6,15H,3-4,7-14H2,1-2H3,(H,18,19). The smallest absolute Gasteiger partial charge is 0.193 e. The van der Waals surface area contributed by atoms with Crippen molar-refractivity contribution in [2.75, 3.05) is 71.6 Å². The Bertz CT molecular complexity index is 459. The number of hydrogen-bond donors (Lipinski definition) is 1. The van der Waals surface area contributed by atoms with Gasteiger partial charge >= 0.3 is 0 Å². The van der Waals surface area contributed by atoms with Crippen LogP contribution < -0.4 is 10.2 Å². The molecule has 1 aromatic rings. The summed E-state index contributed by atoms with van der Waals surface area (Å²) in [6, 6.07) is 4.31. The molecule has 1 aliphatic rings. The molecule has 24 heavy (non-hydrogen) atoms. The molecule has 0 amide bonds. The molecule has 1 aliphatic heterocycles. The SMILES string of the molecule is CN=C(NCCCCOCCOC)N1CCN(c2cccs2)CC1. The molecule has 0 spiro atoms. The molecule has 1 N–H and O–H groups in total. The van der Waals surface area contributed by atoms with Crippen LogP contribution in [0.2, 0.25) is 0 Å². The molecular formula is C17H30N4O2S. The maximum Gasteiger partial charge on any atom is 0.193 e. The number of piperazine rings is 1. The third kappa shape index (κ3) is 6.30. The summed E-state index contributed by atoms with van der Waals surface area (Å²) in [5.74, 6) is 1.01. The van der Waals surface area contributed by atoms with E-state index < -0.39 is 0 Å². The lowest BCUT2D eigenvalue weighted by Gasteiger charge is -2.37. The second-order valence-electron chi connectivity index (χ2n) is 5.71. The van der Waals surface area contributed by atoms with E-state index in [1.54, 1.807) is 7.11 Å². The Morgan fingerprint density at radius 3 is 2.71 bits per heavy atom. The third-order valence-electron chi connectivity index (χ3n) is 4.04. The van der Waals surface area contributed by atoms with E-state index in [1.807, 2.05) is 18.4 Å². The molecule has 0 atom stereocenters.